The molecule has 0 amide bonds. The van der Waals surface area contributed by atoms with Gasteiger partial charge in [-0.25, -0.2) is 0 Å². The molecule has 0 rings (SSSR count). The maximum Gasteiger partial charge on any atom is 2.00 e. The van der Waals surface area contributed by atoms with Crippen molar-refractivity contribution in [3.63, 3.8) is 0 Å². The van der Waals surface area contributed by atoms with Crippen molar-refractivity contribution in [2.24, 2.45) is 0 Å². The Labute approximate surface area is 52.8 Å². The van der Waals surface area contributed by atoms with Crippen molar-refractivity contribution in [3.05, 3.63) is 0 Å². The maximum absolute atomic E-state index is 8.68. The van der Waals surface area contributed by atoms with Gasteiger partial charge in [-0.2, -0.15) is 6.92 Å². The van der Waals surface area contributed by atoms with Gasteiger partial charge in [0.1, 0.15) is 0 Å². The third kappa shape index (κ3) is 68.8. The smallest absolute Gasteiger partial charge is 0.813 e. The van der Waals surface area contributed by atoms with Crippen LogP contribution in [0.1, 0.15) is 6.92 Å². The van der Waals surface area contributed by atoms with Gasteiger partial charge >= 0.3 is 21.1 Å². The van der Waals surface area contributed by atoms with Gasteiger partial charge in [0.15, 0.2) is 0 Å². The van der Waals surface area contributed by atoms with E-state index >= 15 is 0 Å². The molecule has 0 unspecified atom stereocenters. The second kappa shape index (κ2) is 22.2. The van der Waals surface area contributed by atoms with Crippen molar-refractivity contribution in [3.8, 4) is 0 Å². The number of hydrogen-bond acceptors (Lipinski definition) is 2. The van der Waals surface area contributed by atoms with Crippen LogP contribution in [0.2, 0.25) is 0 Å². The summed E-state index contributed by atoms with van der Waals surface area (Å²) in [5, 5.41) is 0. The zero-order valence-electron chi connectivity index (χ0n) is 2.76. The van der Waals surface area contributed by atoms with Crippen molar-refractivity contribution in [2.75, 3.05) is 0 Å². The van der Waals surface area contributed by atoms with Crippen molar-refractivity contribution < 1.29 is 25.9 Å². The molecule has 0 bridgehead atoms. The van der Waals surface area contributed by atoms with Gasteiger partial charge in [0.05, 0.1) is 0 Å². The summed E-state index contributed by atoms with van der Waals surface area (Å²) in [5.41, 5.74) is 0. The average molecular weight is 260 g/mol. The molecular formula is C2H4OSW. The third-order valence-corrected chi connectivity index (χ3v) is 0. The first-order valence-electron chi connectivity index (χ1n) is 0.704. The maximum atomic E-state index is 8.68. The van der Waals surface area contributed by atoms with Crippen LogP contribution >= 0.6 is 0 Å². The van der Waals surface area contributed by atoms with Crippen LogP contribution in [0.25, 0.3) is 0 Å². The summed E-state index contributed by atoms with van der Waals surface area (Å²) in [6.07, 6.45) is 1.50. The molecule has 1 nitrogen and oxygen atoms in total. The van der Waals surface area contributed by atoms with E-state index in [1.165, 1.54) is 13.2 Å². The summed E-state index contributed by atoms with van der Waals surface area (Å²) in [6.45, 7) is 1.32. The second-order valence-corrected chi connectivity index (χ2v) is 0.204. The van der Waals surface area contributed by atoms with E-state index in [-0.39, 0.29) is 34.6 Å². The molecule has 0 aromatic rings. The molecule has 0 radical (unpaired) electrons. The fourth-order valence-corrected chi connectivity index (χ4v) is 0. The normalized spacial score (nSPS) is 2.60. The molecule has 0 aromatic carbocycles. The molecular weight excluding hydrogens is 256 g/mol. The van der Waals surface area contributed by atoms with Gasteiger partial charge in [0.25, 0.3) is 0 Å². The van der Waals surface area contributed by atoms with Crippen LogP contribution in [0.5, 0.6) is 0 Å². The first-order valence-corrected chi connectivity index (χ1v) is 0.704. The molecule has 0 saturated heterocycles. The molecule has 5 heavy (non-hydrogen) atoms. The molecule has 0 spiro atoms. The van der Waals surface area contributed by atoms with Crippen LogP contribution in [-0.4, -0.2) is 6.29 Å². The number of hydrogen-bond donors (Lipinski definition) is 0. The number of thiol groups is 1. The van der Waals surface area contributed by atoms with E-state index in [2.05, 4.69) is 0 Å². The van der Waals surface area contributed by atoms with E-state index in [9.17, 15) is 0 Å². The monoisotopic (exact) mass is 260 g/mol. The van der Waals surface area contributed by atoms with E-state index in [0.29, 0.717) is 0 Å². The summed E-state index contributed by atoms with van der Waals surface area (Å²) >= 11 is 0. The Bertz CT molecular complexity index is 17.1. The minimum Gasteiger partial charge on any atom is -0.813 e. The molecule has 0 atom stereocenters. The van der Waals surface area contributed by atoms with Gasteiger partial charge in [-0.1, -0.05) is 0 Å². The molecule has 3 heteroatoms. The SMILES string of the molecule is C[C-]=O.[SH-].[W+2]. The topological polar surface area (TPSA) is 17.1 Å². The Balaban J connectivity index is -0.0000000200. The summed E-state index contributed by atoms with van der Waals surface area (Å²) in [7, 11) is 0. The van der Waals surface area contributed by atoms with Crippen molar-refractivity contribution in [1.29, 1.82) is 0 Å². The Morgan fingerprint density at radius 3 is 1.60 bits per heavy atom. The van der Waals surface area contributed by atoms with Crippen LogP contribution in [0.4, 0.5) is 0 Å². The standard InChI is InChI=1S/C2H3O.H2S.W/c1-2-3;;/h1H3;1H2;/q-1;;+2/p-1. The van der Waals surface area contributed by atoms with Crippen molar-refractivity contribution >= 4 is 19.8 Å². The van der Waals surface area contributed by atoms with Gasteiger partial charge in [-0.15, -0.1) is 0 Å². The largest absolute Gasteiger partial charge is 2.00 e. The Morgan fingerprint density at radius 1 is 1.60 bits per heavy atom. The zero-order valence-corrected chi connectivity index (χ0v) is 6.59. The summed E-state index contributed by atoms with van der Waals surface area (Å²) in [4.78, 5) is 8.68. The van der Waals surface area contributed by atoms with E-state index in [0.717, 1.165) is 0 Å². The molecule has 0 saturated carbocycles. The summed E-state index contributed by atoms with van der Waals surface area (Å²) in [5.74, 6) is 0. The first kappa shape index (κ1) is 17.3. The fourth-order valence-electron chi connectivity index (χ4n) is 0. The molecule has 0 fully saturated rings. The van der Waals surface area contributed by atoms with Gasteiger partial charge in [-0.3, -0.25) is 6.29 Å². The second-order valence-electron chi connectivity index (χ2n) is 0.204. The minimum atomic E-state index is 0. The quantitative estimate of drug-likeness (QED) is 0.342. The third-order valence-electron chi connectivity index (χ3n) is 0. The molecule has 0 aliphatic carbocycles. The molecule has 30 valence electrons. The Morgan fingerprint density at radius 2 is 1.60 bits per heavy atom. The van der Waals surface area contributed by atoms with E-state index in [1.807, 2.05) is 0 Å². The van der Waals surface area contributed by atoms with E-state index < -0.39 is 0 Å². The predicted octanol–water partition coefficient (Wildman–Crippen LogP) is -0.157. The van der Waals surface area contributed by atoms with Gasteiger partial charge in [0.2, 0.25) is 0 Å². The predicted molar refractivity (Wildman–Crippen MR) is 20.1 cm³/mol. The van der Waals surface area contributed by atoms with Crippen LogP contribution in [0.15, 0.2) is 0 Å². The van der Waals surface area contributed by atoms with Crippen LogP contribution in [0.3, 0.4) is 0 Å². The molecule has 0 aliphatic rings. The first-order chi connectivity index (χ1) is 1.41. The van der Waals surface area contributed by atoms with Gasteiger partial charge in [-0.05, 0) is 0 Å². The molecule has 0 N–H and O–H groups in total. The van der Waals surface area contributed by atoms with Crippen LogP contribution < -0.4 is 0 Å². The number of carbonyl (C=O) groups excluding carboxylic acids is 1. The van der Waals surface area contributed by atoms with Gasteiger partial charge < -0.3 is 18.3 Å². The summed E-state index contributed by atoms with van der Waals surface area (Å²) < 4.78 is 0. The zero-order chi connectivity index (χ0) is 2.71. The van der Waals surface area contributed by atoms with Gasteiger partial charge in [0, 0.05) is 0 Å². The minimum absolute atomic E-state index is 0. The fraction of sp³-hybridized carbons (Fsp3) is 0.500. The Kier molecular flexibility index (Phi) is 76.6. The van der Waals surface area contributed by atoms with E-state index in [1.54, 1.807) is 0 Å². The Hall–Kier alpha value is 0.708. The van der Waals surface area contributed by atoms with Crippen LogP contribution in [-0.2, 0) is 39.4 Å². The molecule has 0 aliphatic heterocycles. The van der Waals surface area contributed by atoms with E-state index in [4.69, 9.17) is 4.79 Å². The summed E-state index contributed by atoms with van der Waals surface area (Å²) in [6, 6.07) is 0. The average Bonchev–Trinajstić information content (AvgIpc) is 0.918. The van der Waals surface area contributed by atoms with Crippen molar-refractivity contribution in [1.82, 2.24) is 0 Å². The van der Waals surface area contributed by atoms with Crippen molar-refractivity contribution in [2.45, 2.75) is 6.92 Å². The number of rotatable bonds is 0. The van der Waals surface area contributed by atoms with Crippen LogP contribution in [0, 0.1) is 0 Å². The molecule has 0 aromatic heterocycles. The molecule has 0 heterocycles.